The van der Waals surface area contributed by atoms with Crippen molar-refractivity contribution in [3.63, 3.8) is 0 Å². The third kappa shape index (κ3) is 3.02. The second-order valence-electron chi connectivity index (χ2n) is 3.02. The molecule has 0 saturated heterocycles. The Kier molecular flexibility index (Phi) is 4.39. The van der Waals surface area contributed by atoms with Crippen LogP contribution in [0.15, 0.2) is 0 Å². The van der Waals surface area contributed by atoms with E-state index in [0.717, 1.165) is 17.8 Å². The Bertz CT molecular complexity index is 81.3. The van der Waals surface area contributed by atoms with Gasteiger partial charge in [-0.25, -0.2) is 0 Å². The van der Waals surface area contributed by atoms with E-state index in [1.807, 2.05) is 0 Å². The summed E-state index contributed by atoms with van der Waals surface area (Å²) in [6, 6.07) is 0. The maximum Gasteiger partial charge on any atom is 0.0157 e. The minimum Gasteiger partial charge on any atom is -0.316 e. The van der Waals surface area contributed by atoms with Crippen molar-refractivity contribution in [1.29, 1.82) is 0 Å². The minimum atomic E-state index is 1.06. The first-order chi connectivity index (χ1) is 4.93. The molecule has 60 valence electrons. The molecular weight excluding hydrogens is 190 g/mol. The zero-order valence-electron chi connectivity index (χ0n) is 6.41. The van der Waals surface area contributed by atoms with Crippen LogP contribution in [0, 0.1) is 5.92 Å². The van der Waals surface area contributed by atoms with Gasteiger partial charge >= 0.3 is 0 Å². The average molecular weight is 206 g/mol. The lowest BCUT2D eigenvalue weighted by molar-refractivity contribution is 0.293. The second-order valence-corrected chi connectivity index (χ2v) is 3.82. The summed E-state index contributed by atoms with van der Waals surface area (Å²) in [5.41, 5.74) is 0. The maximum absolute atomic E-state index is 3.39. The van der Waals surface area contributed by atoms with Gasteiger partial charge in [-0.3, -0.25) is 0 Å². The topological polar surface area (TPSA) is 12.0 Å². The van der Waals surface area contributed by atoms with Crippen molar-refractivity contribution < 1.29 is 0 Å². The van der Waals surface area contributed by atoms with Crippen LogP contribution in [-0.4, -0.2) is 18.4 Å². The molecule has 1 fully saturated rings. The summed E-state index contributed by atoms with van der Waals surface area (Å²) in [6.45, 7) is 2.34. The molecule has 1 saturated carbocycles. The lowest BCUT2D eigenvalue weighted by Crippen LogP contribution is -2.22. The van der Waals surface area contributed by atoms with E-state index in [4.69, 9.17) is 0 Å². The highest BCUT2D eigenvalue weighted by Gasteiger charge is 2.15. The predicted octanol–water partition coefficient (Wildman–Crippen LogP) is 2.16. The lowest BCUT2D eigenvalue weighted by Gasteiger charge is -2.25. The molecule has 2 heteroatoms. The van der Waals surface area contributed by atoms with E-state index in [2.05, 4.69) is 21.2 Å². The van der Waals surface area contributed by atoms with Gasteiger partial charge < -0.3 is 5.32 Å². The first-order valence-electron chi connectivity index (χ1n) is 4.20. The van der Waals surface area contributed by atoms with Crippen LogP contribution >= 0.6 is 15.9 Å². The monoisotopic (exact) mass is 205 g/mol. The summed E-state index contributed by atoms with van der Waals surface area (Å²) >= 11 is 3.39. The number of hydrogen-bond donors (Lipinski definition) is 1. The van der Waals surface area contributed by atoms with Crippen LogP contribution in [0.25, 0.3) is 0 Å². The fourth-order valence-corrected chi connectivity index (χ4v) is 1.56. The number of hydrogen-bond acceptors (Lipinski definition) is 1. The van der Waals surface area contributed by atoms with Gasteiger partial charge in [0.2, 0.25) is 0 Å². The van der Waals surface area contributed by atoms with Crippen LogP contribution < -0.4 is 5.32 Å². The molecule has 0 aromatic carbocycles. The Morgan fingerprint density at radius 1 is 1.30 bits per heavy atom. The first kappa shape index (κ1) is 8.54. The van der Waals surface area contributed by atoms with Crippen molar-refractivity contribution in [3.05, 3.63) is 0 Å². The smallest absolute Gasteiger partial charge is 0.0157 e. The van der Waals surface area contributed by atoms with Gasteiger partial charge in [-0.1, -0.05) is 35.2 Å². The zero-order chi connectivity index (χ0) is 7.23. The Labute approximate surface area is 71.7 Å². The van der Waals surface area contributed by atoms with Gasteiger partial charge in [-0.2, -0.15) is 0 Å². The molecule has 1 aliphatic carbocycles. The summed E-state index contributed by atoms with van der Waals surface area (Å²) in [5, 5.41) is 4.47. The molecule has 0 unspecified atom stereocenters. The molecule has 0 aromatic heterocycles. The molecule has 0 amide bonds. The van der Waals surface area contributed by atoms with Crippen LogP contribution in [0.1, 0.15) is 25.7 Å². The van der Waals surface area contributed by atoms with Gasteiger partial charge in [0.25, 0.3) is 0 Å². The second kappa shape index (κ2) is 5.14. The Balaban J connectivity index is 1.76. The summed E-state index contributed by atoms with van der Waals surface area (Å²) in [4.78, 5) is 0. The van der Waals surface area contributed by atoms with E-state index in [9.17, 15) is 0 Å². The fourth-order valence-electron chi connectivity index (χ4n) is 1.28. The Morgan fingerprint density at radius 3 is 2.60 bits per heavy atom. The highest BCUT2D eigenvalue weighted by molar-refractivity contribution is 9.09. The van der Waals surface area contributed by atoms with Gasteiger partial charge in [-0.05, 0) is 18.9 Å². The maximum atomic E-state index is 3.39. The van der Waals surface area contributed by atoms with Crippen molar-refractivity contribution in [2.45, 2.75) is 25.7 Å². The molecule has 0 aromatic rings. The highest BCUT2D eigenvalue weighted by atomic mass is 79.9. The van der Waals surface area contributed by atoms with Gasteiger partial charge in [0.05, 0.1) is 0 Å². The third-order valence-corrected chi connectivity index (χ3v) is 2.62. The van der Waals surface area contributed by atoms with Crippen molar-refractivity contribution in [2.75, 3.05) is 18.4 Å². The zero-order valence-corrected chi connectivity index (χ0v) is 7.99. The number of nitrogens with one attached hydrogen (secondary N) is 1. The Hall–Kier alpha value is 0.440. The van der Waals surface area contributed by atoms with Crippen LogP contribution in [0.4, 0.5) is 0 Å². The van der Waals surface area contributed by atoms with E-state index < -0.39 is 0 Å². The van der Waals surface area contributed by atoms with Crippen LogP contribution in [0.5, 0.6) is 0 Å². The summed E-state index contributed by atoms with van der Waals surface area (Å²) < 4.78 is 0. The van der Waals surface area contributed by atoms with Crippen molar-refractivity contribution in [1.82, 2.24) is 5.32 Å². The van der Waals surface area contributed by atoms with Crippen molar-refractivity contribution in [3.8, 4) is 0 Å². The summed E-state index contributed by atoms with van der Waals surface area (Å²) in [6.07, 6.45) is 5.84. The van der Waals surface area contributed by atoms with Crippen molar-refractivity contribution >= 4 is 15.9 Å². The molecule has 0 spiro atoms. The molecule has 0 bridgehead atoms. The largest absolute Gasteiger partial charge is 0.316 e. The fraction of sp³-hybridized carbons (Fsp3) is 1.00. The van der Waals surface area contributed by atoms with E-state index in [-0.39, 0.29) is 0 Å². The molecule has 1 nitrogen and oxygen atoms in total. The van der Waals surface area contributed by atoms with Gasteiger partial charge in [0, 0.05) is 11.9 Å². The van der Waals surface area contributed by atoms with Crippen LogP contribution in [-0.2, 0) is 0 Å². The van der Waals surface area contributed by atoms with Gasteiger partial charge in [-0.15, -0.1) is 0 Å². The normalized spacial score (nSPS) is 18.9. The molecule has 1 N–H and O–H groups in total. The van der Waals surface area contributed by atoms with E-state index >= 15 is 0 Å². The number of rotatable bonds is 5. The first-order valence-corrected chi connectivity index (χ1v) is 5.32. The standard InChI is InChI=1S/C8H16BrN/c9-5-7-10-6-4-8-2-1-3-8/h8,10H,1-7H2. The van der Waals surface area contributed by atoms with Crippen molar-refractivity contribution in [2.24, 2.45) is 5.92 Å². The molecule has 10 heavy (non-hydrogen) atoms. The van der Waals surface area contributed by atoms with Gasteiger partial charge in [0.1, 0.15) is 0 Å². The minimum absolute atomic E-state index is 1.06. The van der Waals surface area contributed by atoms with E-state index in [1.54, 1.807) is 0 Å². The predicted molar refractivity (Wildman–Crippen MR) is 48.6 cm³/mol. The third-order valence-electron chi connectivity index (χ3n) is 2.23. The SMILES string of the molecule is BrCCNCCC1CCC1. The highest BCUT2D eigenvalue weighted by Crippen LogP contribution is 2.28. The lowest BCUT2D eigenvalue weighted by atomic mass is 9.83. The Morgan fingerprint density at radius 2 is 2.10 bits per heavy atom. The molecule has 1 rings (SSSR count). The summed E-state index contributed by atoms with van der Waals surface area (Å²) in [7, 11) is 0. The molecule has 0 radical (unpaired) electrons. The molecular formula is C8H16BrN. The van der Waals surface area contributed by atoms with Gasteiger partial charge in [0.15, 0.2) is 0 Å². The van der Waals surface area contributed by atoms with E-state index in [1.165, 1.54) is 32.2 Å². The molecule has 0 aliphatic heterocycles. The molecule has 0 heterocycles. The molecule has 0 atom stereocenters. The quantitative estimate of drug-likeness (QED) is 0.537. The molecule has 1 aliphatic rings. The summed E-state index contributed by atoms with van der Waals surface area (Å²) in [5.74, 6) is 1.06. The number of halogens is 1. The average Bonchev–Trinajstić information content (AvgIpc) is 1.84. The van der Waals surface area contributed by atoms with E-state index in [0.29, 0.717) is 0 Å². The van der Waals surface area contributed by atoms with Crippen LogP contribution in [0.2, 0.25) is 0 Å². The number of alkyl halides is 1. The van der Waals surface area contributed by atoms with Crippen LogP contribution in [0.3, 0.4) is 0 Å².